The molecule has 0 amide bonds. The first kappa shape index (κ1) is 35.0. The summed E-state index contributed by atoms with van der Waals surface area (Å²) in [5.74, 6) is 3.88. The van der Waals surface area contributed by atoms with E-state index in [1.807, 2.05) is 0 Å². The minimum Gasteiger partial charge on any atom is -0.460 e. The highest BCUT2D eigenvalue weighted by molar-refractivity contribution is 7.26. The zero-order chi connectivity index (χ0) is 41.2. The number of fused-ring (bicyclic) bond motifs is 15. The van der Waals surface area contributed by atoms with E-state index in [0.717, 1.165) is 97.9 Å². The molecule has 4 aromatic heterocycles. The average Bonchev–Trinajstić information content (AvgIpc) is 4.05. The third-order valence-electron chi connectivity index (χ3n) is 13.3. The molecule has 5 nitrogen and oxygen atoms in total. The molecule has 6 heteroatoms. The molecule has 2 aliphatic carbocycles. The van der Waals surface area contributed by atoms with E-state index >= 15 is 0 Å². The highest BCUT2D eigenvalue weighted by Crippen LogP contribution is 2.45. The smallest absolute Gasteiger partial charge is 0.164 e. The number of hydrogen-bond acceptors (Lipinski definition) is 6. The van der Waals surface area contributed by atoms with Crippen molar-refractivity contribution in [1.29, 1.82) is 0 Å². The Kier molecular flexibility index (Phi) is 7.45. The molecule has 0 spiro atoms. The molecule has 0 aliphatic heterocycles. The lowest BCUT2D eigenvalue weighted by atomic mass is 9.91. The third-order valence-corrected chi connectivity index (χ3v) is 14.4. The Morgan fingerprint density at radius 2 is 1.05 bits per heavy atom. The van der Waals surface area contributed by atoms with Crippen molar-refractivity contribution in [2.45, 2.75) is 25.7 Å². The summed E-state index contributed by atoms with van der Waals surface area (Å²) in [6.45, 7) is 0. The molecule has 296 valence electrons. The van der Waals surface area contributed by atoms with E-state index in [4.69, 9.17) is 23.8 Å². The fraction of sp³-hybridized carbons (Fsp3) is 0.0702. The summed E-state index contributed by atoms with van der Waals surface area (Å²) in [6, 6.07) is 50.1. The van der Waals surface area contributed by atoms with E-state index in [0.29, 0.717) is 17.5 Å². The van der Waals surface area contributed by atoms with Crippen LogP contribution in [0.4, 0.5) is 0 Å². The van der Waals surface area contributed by atoms with Crippen LogP contribution in [0.1, 0.15) is 35.5 Å². The monoisotopic (exact) mass is 825 g/mol. The molecule has 0 fully saturated rings. The minimum absolute atomic E-state index is 0.619. The van der Waals surface area contributed by atoms with Crippen molar-refractivity contribution in [2.24, 2.45) is 0 Å². The van der Waals surface area contributed by atoms with Gasteiger partial charge in [0.2, 0.25) is 0 Å². The van der Waals surface area contributed by atoms with Crippen molar-refractivity contribution >= 4 is 97.9 Å². The van der Waals surface area contributed by atoms with Gasteiger partial charge in [-0.3, -0.25) is 0 Å². The van der Waals surface area contributed by atoms with Crippen LogP contribution in [0.15, 0.2) is 161 Å². The van der Waals surface area contributed by atoms with E-state index < -0.39 is 0 Å². The normalized spacial score (nSPS) is 13.7. The Morgan fingerprint density at radius 1 is 0.444 bits per heavy atom. The standard InChI is InChI=1S/C57H35N3O2S/c1-2-14-36-34(13-1)35-15-3-4-17-38(35)51-39(36)20-10-22-43(51)55-58-56(44-23-11-27-48-52(44)41-18-6-8-26-47(41)61-48)60-57(59-55)45-24-12-28-49-53(45)42-30-29-32(31-50(42)63-49)33-19-9-21-40-37-16-5-7-25-46(37)62-54(33)40/h1-4,6-7,9-15,17-25,27-31H,5,8,16,26H2. The van der Waals surface area contributed by atoms with Crippen LogP contribution in [0.2, 0.25) is 0 Å². The molecule has 14 rings (SSSR count). The molecule has 0 radical (unpaired) electrons. The summed E-state index contributed by atoms with van der Waals surface area (Å²) in [5.41, 5.74) is 9.35. The van der Waals surface area contributed by atoms with Crippen LogP contribution in [-0.4, -0.2) is 15.0 Å². The van der Waals surface area contributed by atoms with Gasteiger partial charge in [-0.05, 0) is 76.0 Å². The van der Waals surface area contributed by atoms with E-state index in [1.165, 1.54) is 52.7 Å². The highest BCUT2D eigenvalue weighted by atomic mass is 32.1. The molecule has 8 aromatic carbocycles. The highest BCUT2D eigenvalue weighted by Gasteiger charge is 2.24. The number of aromatic nitrogens is 3. The largest absolute Gasteiger partial charge is 0.460 e. The van der Waals surface area contributed by atoms with E-state index in [1.54, 1.807) is 11.3 Å². The molecule has 0 saturated heterocycles. The summed E-state index contributed by atoms with van der Waals surface area (Å²) in [4.78, 5) is 16.4. The second-order valence-corrected chi connectivity index (χ2v) is 17.8. The van der Waals surface area contributed by atoms with Crippen LogP contribution < -0.4 is 0 Å². The van der Waals surface area contributed by atoms with Crippen molar-refractivity contribution < 1.29 is 8.83 Å². The maximum absolute atomic E-state index is 6.53. The lowest BCUT2D eigenvalue weighted by molar-refractivity contribution is 0.546. The summed E-state index contributed by atoms with van der Waals surface area (Å²) < 4.78 is 15.4. The van der Waals surface area contributed by atoms with Crippen molar-refractivity contribution in [3.05, 3.63) is 174 Å². The molecule has 2 aliphatic rings. The third kappa shape index (κ3) is 5.19. The molecule has 0 N–H and O–H groups in total. The summed E-state index contributed by atoms with van der Waals surface area (Å²) in [5, 5.41) is 11.7. The number of nitrogens with zero attached hydrogens (tertiary/aromatic N) is 3. The van der Waals surface area contributed by atoms with Gasteiger partial charge in [-0.2, -0.15) is 0 Å². The maximum atomic E-state index is 6.53. The zero-order valence-corrected chi connectivity index (χ0v) is 34.8. The van der Waals surface area contributed by atoms with Crippen LogP contribution in [0.3, 0.4) is 0 Å². The van der Waals surface area contributed by atoms with Crippen molar-refractivity contribution in [2.75, 3.05) is 0 Å². The first-order valence-electron chi connectivity index (χ1n) is 21.7. The number of aryl methyl sites for hydroxylation is 2. The fourth-order valence-corrected chi connectivity index (χ4v) is 11.6. The molecule has 0 unspecified atom stereocenters. The van der Waals surface area contributed by atoms with Gasteiger partial charge in [-0.15, -0.1) is 11.3 Å². The number of thiophene rings is 1. The number of para-hydroxylation sites is 1. The number of furan rings is 2. The lowest BCUT2D eigenvalue weighted by Crippen LogP contribution is -2.01. The Labute approximate surface area is 365 Å². The van der Waals surface area contributed by atoms with Gasteiger partial charge in [-0.25, -0.2) is 15.0 Å². The predicted molar refractivity (Wildman–Crippen MR) is 261 cm³/mol. The molecular weight excluding hydrogens is 791 g/mol. The first-order valence-corrected chi connectivity index (χ1v) is 22.5. The van der Waals surface area contributed by atoms with Gasteiger partial charge >= 0.3 is 0 Å². The van der Waals surface area contributed by atoms with Gasteiger partial charge in [0.15, 0.2) is 17.5 Å². The first-order chi connectivity index (χ1) is 31.2. The van der Waals surface area contributed by atoms with Crippen LogP contribution in [-0.2, 0) is 12.8 Å². The average molecular weight is 826 g/mol. The molecule has 12 aromatic rings. The Balaban J connectivity index is 1.02. The van der Waals surface area contributed by atoms with Gasteiger partial charge in [0.05, 0.1) is 0 Å². The quantitative estimate of drug-likeness (QED) is 0.165. The van der Waals surface area contributed by atoms with E-state index in [-0.39, 0.29) is 0 Å². The molecular formula is C57H35N3O2S. The Morgan fingerprint density at radius 3 is 1.83 bits per heavy atom. The second kappa shape index (κ2) is 13.4. The number of benzene rings is 8. The molecule has 4 heterocycles. The van der Waals surface area contributed by atoms with Gasteiger partial charge in [0.25, 0.3) is 0 Å². The molecule has 63 heavy (non-hydrogen) atoms. The fourth-order valence-electron chi connectivity index (χ4n) is 10.5. The Bertz CT molecular complexity index is 3950. The van der Waals surface area contributed by atoms with Crippen LogP contribution in [0.5, 0.6) is 0 Å². The molecule has 0 saturated carbocycles. The summed E-state index contributed by atoms with van der Waals surface area (Å²) >= 11 is 1.80. The van der Waals surface area contributed by atoms with Crippen molar-refractivity contribution in [3.8, 4) is 45.3 Å². The lowest BCUT2D eigenvalue weighted by Gasteiger charge is -2.15. The summed E-state index contributed by atoms with van der Waals surface area (Å²) in [7, 11) is 0. The predicted octanol–water partition coefficient (Wildman–Crippen LogP) is 15.8. The van der Waals surface area contributed by atoms with Crippen molar-refractivity contribution in [3.63, 3.8) is 0 Å². The Hall–Kier alpha value is -7.67. The zero-order valence-electron chi connectivity index (χ0n) is 34.0. The number of allylic oxidation sites excluding steroid dienone is 2. The number of rotatable bonds is 4. The SMILES string of the molecule is C1=Cc2c(oc3cccc(-c4nc(-c5cccc6sc7cc(-c8cccc9c%10c(oc89)C=CCC%10)ccc7c56)nc(-c5cccc6c7ccccc7c7ccccc7c56)n4)c23)CC1. The van der Waals surface area contributed by atoms with Gasteiger partial charge < -0.3 is 8.83 Å². The summed E-state index contributed by atoms with van der Waals surface area (Å²) in [6.07, 6.45) is 12.6. The van der Waals surface area contributed by atoms with Crippen LogP contribution >= 0.6 is 11.3 Å². The van der Waals surface area contributed by atoms with Gasteiger partial charge in [0.1, 0.15) is 22.7 Å². The minimum atomic E-state index is 0.619. The van der Waals surface area contributed by atoms with Crippen LogP contribution in [0, 0.1) is 0 Å². The van der Waals surface area contributed by atoms with E-state index in [9.17, 15) is 0 Å². The van der Waals surface area contributed by atoms with E-state index in [2.05, 4.69) is 164 Å². The van der Waals surface area contributed by atoms with Gasteiger partial charge in [-0.1, -0.05) is 140 Å². The van der Waals surface area contributed by atoms with Crippen molar-refractivity contribution in [1.82, 2.24) is 15.0 Å². The number of hydrogen-bond donors (Lipinski definition) is 0. The van der Waals surface area contributed by atoms with Gasteiger partial charge in [0, 0.05) is 76.1 Å². The topological polar surface area (TPSA) is 65.0 Å². The maximum Gasteiger partial charge on any atom is 0.164 e. The second-order valence-electron chi connectivity index (χ2n) is 16.7. The van der Waals surface area contributed by atoms with Crippen LogP contribution in [0.25, 0.3) is 132 Å². The molecule has 0 atom stereocenters. The molecule has 0 bridgehead atoms.